The lowest BCUT2D eigenvalue weighted by atomic mass is 9.53. The Morgan fingerprint density at radius 2 is 1.51 bits per heavy atom. The van der Waals surface area contributed by atoms with E-state index in [-0.39, 0.29) is 12.0 Å². The second kappa shape index (κ2) is 9.84. The van der Waals surface area contributed by atoms with Crippen molar-refractivity contribution in [1.29, 1.82) is 0 Å². The maximum atomic E-state index is 10.7. The van der Waals surface area contributed by atoms with Crippen LogP contribution in [-0.4, -0.2) is 129 Å². The molecule has 1 aromatic carbocycles. The van der Waals surface area contributed by atoms with Gasteiger partial charge in [0.15, 0.2) is 17.8 Å². The van der Waals surface area contributed by atoms with E-state index in [1.807, 2.05) is 12.1 Å². The van der Waals surface area contributed by atoms with Crippen LogP contribution in [0.25, 0.3) is 0 Å². The molecule has 41 heavy (non-hydrogen) atoms. The van der Waals surface area contributed by atoms with Gasteiger partial charge in [-0.15, -0.1) is 0 Å². The minimum Gasteiger partial charge on any atom is -0.482 e. The number of aliphatic hydroxyl groups is 6. The highest BCUT2D eigenvalue weighted by Crippen LogP contribution is 2.63. The Morgan fingerprint density at radius 3 is 2.22 bits per heavy atom. The molecular weight excluding hydrogens is 538 g/mol. The summed E-state index contributed by atoms with van der Waals surface area (Å²) in [5, 5.41) is 62.3. The van der Waals surface area contributed by atoms with E-state index in [0.29, 0.717) is 11.5 Å². The molecule has 0 amide bonds. The molecule has 2 bridgehead atoms. The van der Waals surface area contributed by atoms with Gasteiger partial charge in [-0.2, -0.15) is 0 Å². The number of aliphatic hydroxyl groups excluding tert-OH is 6. The summed E-state index contributed by atoms with van der Waals surface area (Å²) in [6.45, 7) is 4.05. The van der Waals surface area contributed by atoms with Crippen LogP contribution in [0.3, 0.4) is 0 Å². The Bertz CT molecular complexity index is 1210. The molecule has 2 aliphatic carbocycles. The fraction of sp³-hybridized carbons (Fsp3) is 0.724. The van der Waals surface area contributed by atoms with Crippen LogP contribution in [-0.2, 0) is 26.0 Å². The van der Waals surface area contributed by atoms with Gasteiger partial charge in [0, 0.05) is 22.9 Å². The molecule has 2 unspecified atom stereocenters. The lowest BCUT2D eigenvalue weighted by Crippen LogP contribution is -2.66. The van der Waals surface area contributed by atoms with Gasteiger partial charge in [0.1, 0.15) is 48.8 Å². The molecule has 6 N–H and O–H groups in total. The molecule has 1 aromatic rings. The molecule has 226 valence electrons. The molecule has 0 radical (unpaired) electrons. The zero-order valence-electron chi connectivity index (χ0n) is 23.2. The zero-order chi connectivity index (χ0) is 29.0. The van der Waals surface area contributed by atoms with Crippen molar-refractivity contribution in [2.75, 3.05) is 13.6 Å². The smallest absolute Gasteiger partial charge is 0.229 e. The number of piperidine rings is 1. The van der Waals surface area contributed by atoms with Crippen molar-refractivity contribution >= 4 is 0 Å². The Labute approximate surface area is 237 Å². The van der Waals surface area contributed by atoms with Gasteiger partial charge in [0.05, 0.1) is 12.2 Å². The van der Waals surface area contributed by atoms with E-state index in [2.05, 4.69) is 18.0 Å². The van der Waals surface area contributed by atoms with Gasteiger partial charge in [0.2, 0.25) is 6.29 Å². The van der Waals surface area contributed by atoms with Gasteiger partial charge in [0.25, 0.3) is 0 Å². The molecule has 3 fully saturated rings. The Balaban J connectivity index is 1.25. The highest BCUT2D eigenvalue weighted by atomic mass is 16.7. The summed E-state index contributed by atoms with van der Waals surface area (Å²) >= 11 is 0. The van der Waals surface area contributed by atoms with Gasteiger partial charge in [-0.05, 0) is 51.9 Å². The van der Waals surface area contributed by atoms with E-state index in [1.165, 1.54) is 0 Å². The number of benzene rings is 1. The van der Waals surface area contributed by atoms with Crippen LogP contribution < -0.4 is 9.47 Å². The molecular formula is C29H39NO11. The van der Waals surface area contributed by atoms with Crippen LogP contribution in [0.1, 0.15) is 31.4 Å². The first-order valence-electron chi connectivity index (χ1n) is 14.5. The SMILES string of the molecule is C[C@H]1OC(Oc2ccc3c4c2O[C@H]2[C@@H](OC5O[C@H](C)[C@@H](O)[C@H](O)[C@H]5O)C=C[C@H]5[C@@H](C3)N(C)CC[C@@]452)[C@H](O)[C@@H](O)[C@@H]1O. The molecule has 12 heteroatoms. The highest BCUT2D eigenvalue weighted by molar-refractivity contribution is 5.62. The van der Waals surface area contributed by atoms with Crippen LogP contribution >= 0.6 is 0 Å². The second-order valence-corrected chi connectivity index (χ2v) is 12.5. The van der Waals surface area contributed by atoms with Crippen molar-refractivity contribution in [3.05, 3.63) is 35.4 Å². The minimum absolute atomic E-state index is 0.118. The standard InChI is InChI=1S/C29H39NO11/c1-11-19(31)21(33)23(35)27(37-11)39-16-6-4-13-10-15-14-5-7-17(40-28-24(36)22(34)20(32)12(2)38-28)26-29(14,8-9-30(15)3)18(13)25(16)41-26/h4-7,11-12,14-15,17,19-24,26-28,31-36H,8-10H2,1-3H3/t11-,12-,14+,15-,17+,19-,20-,21+,22+,23-,24-,26+,27?,28?,29+/m1/s1. The van der Waals surface area contributed by atoms with E-state index in [1.54, 1.807) is 19.9 Å². The van der Waals surface area contributed by atoms with Crippen LogP contribution in [0.4, 0.5) is 0 Å². The topological polar surface area (TPSA) is 171 Å². The van der Waals surface area contributed by atoms with Crippen molar-refractivity contribution in [3.63, 3.8) is 0 Å². The summed E-state index contributed by atoms with van der Waals surface area (Å²) < 4.78 is 30.7. The molecule has 0 saturated carbocycles. The van der Waals surface area contributed by atoms with Crippen LogP contribution in [0, 0.1) is 5.92 Å². The number of hydrogen-bond acceptors (Lipinski definition) is 12. The van der Waals surface area contributed by atoms with Gasteiger partial charge in [-0.1, -0.05) is 18.2 Å². The van der Waals surface area contributed by atoms with Crippen LogP contribution in [0.2, 0.25) is 0 Å². The third kappa shape index (κ3) is 3.97. The van der Waals surface area contributed by atoms with Crippen molar-refractivity contribution < 1.29 is 54.3 Å². The number of ether oxygens (including phenoxy) is 5. The molecule has 12 nitrogen and oxygen atoms in total. The van der Waals surface area contributed by atoms with Gasteiger partial charge < -0.3 is 59.2 Å². The summed E-state index contributed by atoms with van der Waals surface area (Å²) in [5.41, 5.74) is 1.70. The van der Waals surface area contributed by atoms with Crippen molar-refractivity contribution in [2.24, 2.45) is 5.92 Å². The Morgan fingerprint density at radius 1 is 0.854 bits per heavy atom. The third-order valence-electron chi connectivity index (χ3n) is 10.3. The molecule has 0 aromatic heterocycles. The molecule has 4 heterocycles. The molecule has 7 rings (SSSR count). The summed E-state index contributed by atoms with van der Waals surface area (Å²) in [6.07, 6.45) is -7.65. The van der Waals surface area contributed by atoms with E-state index < -0.39 is 79.0 Å². The first-order chi connectivity index (χ1) is 19.5. The average molecular weight is 578 g/mol. The van der Waals surface area contributed by atoms with Gasteiger partial charge in [-0.25, -0.2) is 0 Å². The number of rotatable bonds is 4. The summed E-state index contributed by atoms with van der Waals surface area (Å²) in [5.74, 6) is 0.992. The van der Waals surface area contributed by atoms with Gasteiger partial charge in [-0.3, -0.25) is 0 Å². The lowest BCUT2D eigenvalue weighted by Gasteiger charge is -2.57. The van der Waals surface area contributed by atoms with E-state index in [4.69, 9.17) is 23.7 Å². The Hall–Kier alpha value is -1.84. The van der Waals surface area contributed by atoms with Crippen molar-refractivity contribution in [3.8, 4) is 11.5 Å². The largest absolute Gasteiger partial charge is 0.482 e. The fourth-order valence-corrected chi connectivity index (χ4v) is 7.94. The third-order valence-corrected chi connectivity index (χ3v) is 10.3. The number of likely N-dealkylation sites (tertiary alicyclic amines) is 1. The van der Waals surface area contributed by atoms with E-state index in [9.17, 15) is 30.6 Å². The fourth-order valence-electron chi connectivity index (χ4n) is 7.94. The van der Waals surface area contributed by atoms with E-state index in [0.717, 1.165) is 30.5 Å². The van der Waals surface area contributed by atoms with E-state index >= 15 is 0 Å². The molecule has 15 atom stereocenters. The zero-order valence-corrected chi connectivity index (χ0v) is 23.2. The van der Waals surface area contributed by atoms with Crippen molar-refractivity contribution in [2.45, 2.75) is 112 Å². The molecule has 4 aliphatic heterocycles. The summed E-state index contributed by atoms with van der Waals surface area (Å²) in [6, 6.07) is 4.04. The van der Waals surface area contributed by atoms with Gasteiger partial charge >= 0.3 is 0 Å². The average Bonchev–Trinajstić information content (AvgIpc) is 3.31. The quantitative estimate of drug-likeness (QED) is 0.231. The molecule has 1 spiro atoms. The maximum Gasteiger partial charge on any atom is 0.229 e. The van der Waals surface area contributed by atoms with Crippen molar-refractivity contribution in [1.82, 2.24) is 4.90 Å². The first kappa shape index (κ1) is 28.0. The molecule has 6 aliphatic rings. The summed E-state index contributed by atoms with van der Waals surface area (Å²) in [4.78, 5) is 2.37. The Kier molecular flexibility index (Phi) is 6.71. The molecule has 3 saturated heterocycles. The highest BCUT2D eigenvalue weighted by Gasteiger charge is 2.65. The maximum absolute atomic E-state index is 10.7. The number of likely N-dealkylation sites (N-methyl/N-ethyl adjacent to an activating group) is 1. The van der Waals surface area contributed by atoms with Crippen LogP contribution in [0.5, 0.6) is 11.5 Å². The van der Waals surface area contributed by atoms with Crippen LogP contribution in [0.15, 0.2) is 24.3 Å². The predicted molar refractivity (Wildman–Crippen MR) is 140 cm³/mol. The first-order valence-corrected chi connectivity index (χ1v) is 14.5. The predicted octanol–water partition coefficient (Wildman–Crippen LogP) is -1.45. The monoisotopic (exact) mass is 577 g/mol. The lowest BCUT2D eigenvalue weighted by molar-refractivity contribution is -0.307. The summed E-state index contributed by atoms with van der Waals surface area (Å²) in [7, 11) is 2.13. The normalized spacial score (nSPS) is 50.3. The minimum atomic E-state index is -1.47. The second-order valence-electron chi connectivity index (χ2n) is 12.5. The number of hydrogen-bond donors (Lipinski definition) is 6. The number of nitrogens with zero attached hydrogens (tertiary/aromatic N) is 1.